The fourth-order valence-electron chi connectivity index (χ4n) is 3.45. The molecule has 31 heavy (non-hydrogen) atoms. The number of esters is 1. The molecule has 0 spiro atoms. The molecule has 0 aliphatic rings. The smallest absolute Gasteiger partial charge is 0.307 e. The zero-order valence-electron chi connectivity index (χ0n) is 17.2. The molecular weight excluding hydrogens is 390 g/mol. The number of ether oxygens (including phenoxy) is 2. The van der Waals surface area contributed by atoms with Crippen molar-refractivity contribution in [1.82, 2.24) is 5.16 Å². The Balaban J connectivity index is 1.40. The van der Waals surface area contributed by atoms with Crippen molar-refractivity contribution in [3.05, 3.63) is 108 Å². The molecule has 0 N–H and O–H groups in total. The van der Waals surface area contributed by atoms with Gasteiger partial charge in [0.1, 0.15) is 18.1 Å². The second-order valence-electron chi connectivity index (χ2n) is 7.15. The van der Waals surface area contributed by atoms with Crippen LogP contribution in [0.1, 0.15) is 29.2 Å². The highest BCUT2D eigenvalue weighted by molar-refractivity contribution is 5.71. The van der Waals surface area contributed by atoms with Gasteiger partial charge in [0, 0.05) is 17.5 Å². The lowest BCUT2D eigenvalue weighted by molar-refractivity contribution is -0.145. The molecule has 0 saturated heterocycles. The summed E-state index contributed by atoms with van der Waals surface area (Å²) in [5.74, 6) is 1.03. The number of hydrogen-bond acceptors (Lipinski definition) is 5. The van der Waals surface area contributed by atoms with E-state index in [9.17, 15) is 4.79 Å². The van der Waals surface area contributed by atoms with Gasteiger partial charge in [-0.25, -0.2) is 0 Å². The van der Waals surface area contributed by atoms with Crippen molar-refractivity contribution >= 4 is 5.97 Å². The van der Waals surface area contributed by atoms with Crippen LogP contribution in [0.2, 0.25) is 0 Å². The molecule has 0 amide bonds. The lowest BCUT2D eigenvalue weighted by atomic mass is 9.89. The van der Waals surface area contributed by atoms with E-state index >= 15 is 0 Å². The molecule has 3 aromatic carbocycles. The van der Waals surface area contributed by atoms with Crippen LogP contribution in [0.25, 0.3) is 11.3 Å². The zero-order valence-corrected chi connectivity index (χ0v) is 17.2. The number of methoxy groups -OCH3 is 1. The molecule has 4 aromatic rings. The first kappa shape index (κ1) is 20.4. The van der Waals surface area contributed by atoms with Crippen LogP contribution >= 0.6 is 0 Å². The molecule has 5 heteroatoms. The zero-order chi connectivity index (χ0) is 21.5. The van der Waals surface area contributed by atoms with Gasteiger partial charge in [-0.05, 0) is 35.4 Å². The van der Waals surface area contributed by atoms with Gasteiger partial charge >= 0.3 is 5.97 Å². The van der Waals surface area contributed by atoms with Crippen LogP contribution in [0.3, 0.4) is 0 Å². The molecule has 156 valence electrons. The third-order valence-corrected chi connectivity index (χ3v) is 5.09. The number of benzene rings is 3. The van der Waals surface area contributed by atoms with Crippen LogP contribution in [0.4, 0.5) is 0 Å². The third kappa shape index (κ3) is 5.20. The molecule has 1 heterocycles. The summed E-state index contributed by atoms with van der Waals surface area (Å²) >= 11 is 0. The van der Waals surface area contributed by atoms with Gasteiger partial charge in [-0.15, -0.1) is 0 Å². The quantitative estimate of drug-likeness (QED) is 0.351. The lowest BCUT2D eigenvalue weighted by Crippen LogP contribution is -2.12. The Hall–Kier alpha value is -3.86. The van der Waals surface area contributed by atoms with Crippen molar-refractivity contribution in [3.63, 3.8) is 0 Å². The number of aromatic nitrogens is 1. The summed E-state index contributed by atoms with van der Waals surface area (Å²) in [6.07, 6.45) is 0.247. The molecule has 0 unspecified atom stereocenters. The summed E-state index contributed by atoms with van der Waals surface area (Å²) in [7, 11) is 1.62. The molecule has 4 rings (SSSR count). The number of nitrogens with zero attached hydrogens (tertiary/aromatic N) is 1. The van der Waals surface area contributed by atoms with Crippen molar-refractivity contribution < 1.29 is 18.8 Å². The SMILES string of the molecule is COc1ccc(-c2cc(COC(=O)CC(c3ccccc3)c3ccccc3)no2)cc1. The van der Waals surface area contributed by atoms with Crippen molar-refractivity contribution in [2.45, 2.75) is 18.9 Å². The minimum absolute atomic E-state index is 0.0643. The summed E-state index contributed by atoms with van der Waals surface area (Å²) in [6.45, 7) is 0.0643. The van der Waals surface area contributed by atoms with Crippen molar-refractivity contribution in [2.75, 3.05) is 7.11 Å². The molecule has 5 nitrogen and oxygen atoms in total. The van der Waals surface area contributed by atoms with Crippen molar-refractivity contribution in [2.24, 2.45) is 0 Å². The number of hydrogen-bond donors (Lipinski definition) is 0. The maximum atomic E-state index is 12.6. The van der Waals surface area contributed by atoms with E-state index in [1.807, 2.05) is 84.9 Å². The Morgan fingerprint density at radius 1 is 0.903 bits per heavy atom. The van der Waals surface area contributed by atoms with Crippen LogP contribution in [-0.2, 0) is 16.1 Å². The van der Waals surface area contributed by atoms with Gasteiger partial charge < -0.3 is 14.0 Å². The predicted molar refractivity (Wildman–Crippen MR) is 118 cm³/mol. The first-order valence-corrected chi connectivity index (χ1v) is 10.1. The largest absolute Gasteiger partial charge is 0.497 e. The molecular formula is C26H23NO4. The highest BCUT2D eigenvalue weighted by Gasteiger charge is 2.19. The third-order valence-electron chi connectivity index (χ3n) is 5.09. The first-order valence-electron chi connectivity index (χ1n) is 10.1. The summed E-state index contributed by atoms with van der Waals surface area (Å²) in [6, 6.07) is 29.2. The van der Waals surface area contributed by atoms with Crippen LogP contribution in [0, 0.1) is 0 Å². The predicted octanol–water partition coefficient (Wildman–Crippen LogP) is 5.62. The molecule has 0 aliphatic carbocycles. The first-order chi connectivity index (χ1) is 15.2. The Morgan fingerprint density at radius 2 is 1.52 bits per heavy atom. The van der Waals surface area contributed by atoms with Crippen LogP contribution < -0.4 is 4.74 Å². The minimum Gasteiger partial charge on any atom is -0.497 e. The molecule has 0 aliphatic heterocycles. The van der Waals surface area contributed by atoms with E-state index in [1.165, 1.54) is 0 Å². The summed E-state index contributed by atoms with van der Waals surface area (Å²) in [4.78, 5) is 12.6. The normalized spacial score (nSPS) is 10.8. The molecule has 0 fully saturated rings. The minimum atomic E-state index is -0.285. The highest BCUT2D eigenvalue weighted by atomic mass is 16.5. The average Bonchev–Trinajstić information content (AvgIpc) is 3.31. The van der Waals surface area contributed by atoms with E-state index in [1.54, 1.807) is 13.2 Å². The Bertz CT molecular complexity index is 1070. The Kier molecular flexibility index (Phi) is 6.43. The second-order valence-corrected chi connectivity index (χ2v) is 7.15. The van der Waals surface area contributed by atoms with Gasteiger partial charge in [-0.3, -0.25) is 4.79 Å². The molecule has 0 radical (unpaired) electrons. The van der Waals surface area contributed by atoms with E-state index in [-0.39, 0.29) is 24.9 Å². The van der Waals surface area contributed by atoms with Gasteiger partial charge in [0.15, 0.2) is 5.76 Å². The van der Waals surface area contributed by atoms with E-state index in [4.69, 9.17) is 14.0 Å². The van der Waals surface area contributed by atoms with Crippen LogP contribution in [-0.4, -0.2) is 18.2 Å². The van der Waals surface area contributed by atoms with E-state index in [0.29, 0.717) is 11.5 Å². The van der Waals surface area contributed by atoms with E-state index in [2.05, 4.69) is 5.16 Å². The Morgan fingerprint density at radius 3 is 2.10 bits per heavy atom. The summed E-state index contributed by atoms with van der Waals surface area (Å²) < 4.78 is 16.1. The van der Waals surface area contributed by atoms with Crippen molar-refractivity contribution in [1.29, 1.82) is 0 Å². The van der Waals surface area contributed by atoms with Crippen molar-refractivity contribution in [3.8, 4) is 17.1 Å². The Labute approximate surface area is 181 Å². The van der Waals surface area contributed by atoms with Gasteiger partial charge in [0.25, 0.3) is 0 Å². The molecule has 0 saturated carbocycles. The van der Waals surface area contributed by atoms with Gasteiger partial charge in [0.05, 0.1) is 13.5 Å². The number of rotatable bonds is 8. The maximum Gasteiger partial charge on any atom is 0.307 e. The standard InChI is InChI=1S/C26H23NO4/c1-29-23-14-12-21(13-15-23)25-16-22(27-31-25)18-30-26(28)17-24(19-8-4-2-5-9-19)20-10-6-3-7-11-20/h2-16,24H,17-18H2,1H3. The van der Waals surface area contributed by atoms with Crippen LogP contribution in [0.15, 0.2) is 95.5 Å². The van der Waals surface area contributed by atoms with Gasteiger partial charge in [-0.1, -0.05) is 65.8 Å². The number of carbonyl (C=O) groups excluding carboxylic acids is 1. The number of carbonyl (C=O) groups is 1. The van der Waals surface area contributed by atoms with Gasteiger partial charge in [-0.2, -0.15) is 0 Å². The average molecular weight is 413 g/mol. The topological polar surface area (TPSA) is 61.6 Å². The van der Waals surface area contributed by atoms with Gasteiger partial charge in [0.2, 0.25) is 0 Å². The van der Waals surface area contributed by atoms with E-state index < -0.39 is 0 Å². The summed E-state index contributed by atoms with van der Waals surface area (Å²) in [5, 5.41) is 4.02. The summed E-state index contributed by atoms with van der Waals surface area (Å²) in [5.41, 5.74) is 3.59. The fraction of sp³-hybridized carbons (Fsp3) is 0.154. The molecule has 0 atom stereocenters. The van der Waals surface area contributed by atoms with Crippen LogP contribution in [0.5, 0.6) is 5.75 Å². The molecule has 1 aromatic heterocycles. The molecule has 0 bridgehead atoms. The highest BCUT2D eigenvalue weighted by Crippen LogP contribution is 2.28. The lowest BCUT2D eigenvalue weighted by Gasteiger charge is -2.17. The fourth-order valence-corrected chi connectivity index (χ4v) is 3.45. The second kappa shape index (κ2) is 9.76. The van der Waals surface area contributed by atoms with E-state index in [0.717, 1.165) is 22.4 Å². The monoisotopic (exact) mass is 413 g/mol. The maximum absolute atomic E-state index is 12.6.